The molecule has 0 aliphatic rings. The summed E-state index contributed by atoms with van der Waals surface area (Å²) in [5.74, 6) is -0.549. The number of amides is 1. The van der Waals surface area contributed by atoms with E-state index in [1.807, 2.05) is 30.3 Å². The minimum Gasteiger partial charge on any atom is -0.268 e. The van der Waals surface area contributed by atoms with Crippen LogP contribution in [-0.4, -0.2) is 22.3 Å². The van der Waals surface area contributed by atoms with Gasteiger partial charge in [-0.25, -0.2) is 10.5 Å². The van der Waals surface area contributed by atoms with Gasteiger partial charge in [-0.15, -0.1) is 0 Å². The third kappa shape index (κ3) is 4.70. The topological polar surface area (TPSA) is 87.2 Å². The monoisotopic (exact) mass is 302 g/mol. The van der Waals surface area contributed by atoms with Crippen molar-refractivity contribution in [1.82, 2.24) is 15.6 Å². The van der Waals surface area contributed by atoms with Crippen LogP contribution in [0.3, 0.4) is 0 Å². The van der Waals surface area contributed by atoms with Crippen molar-refractivity contribution in [3.05, 3.63) is 69.1 Å². The number of aromatic nitrogens is 2. The first kappa shape index (κ1) is 14.7. The summed E-state index contributed by atoms with van der Waals surface area (Å²) in [6.07, 6.45) is 3.01. The minimum atomic E-state index is -0.549. The molecule has 2 N–H and O–H groups in total. The molecule has 2 rings (SSSR count). The second-order valence-corrected chi connectivity index (χ2v) is 4.38. The number of allylic oxidation sites excluding steroid dienone is 1. The third-order valence-electron chi connectivity index (χ3n) is 2.37. The summed E-state index contributed by atoms with van der Waals surface area (Å²) in [5, 5.41) is 9.80. The molecule has 1 aromatic heterocycles. The van der Waals surface area contributed by atoms with Gasteiger partial charge in [-0.3, -0.25) is 9.59 Å². The van der Waals surface area contributed by atoms with Gasteiger partial charge in [-0.05, 0) is 17.7 Å². The third-order valence-corrected chi connectivity index (χ3v) is 2.58. The molecule has 0 aliphatic carbocycles. The number of hydrogen-bond acceptors (Lipinski definition) is 4. The number of rotatable bonds is 4. The van der Waals surface area contributed by atoms with Crippen molar-refractivity contribution in [3.8, 4) is 0 Å². The Morgan fingerprint density at radius 1 is 1.24 bits per heavy atom. The van der Waals surface area contributed by atoms with Crippen LogP contribution < -0.4 is 11.0 Å². The number of nitrogens with one attached hydrogen (secondary N) is 2. The van der Waals surface area contributed by atoms with Crippen molar-refractivity contribution in [3.63, 3.8) is 0 Å². The maximum absolute atomic E-state index is 11.6. The molecule has 6 nitrogen and oxygen atoms in total. The second kappa shape index (κ2) is 7.16. The molecular formula is C14H11ClN4O2. The maximum Gasteiger partial charge on any atom is 0.291 e. The van der Waals surface area contributed by atoms with Crippen LogP contribution in [-0.2, 0) is 0 Å². The van der Waals surface area contributed by atoms with Crippen molar-refractivity contribution in [2.75, 3.05) is 0 Å². The predicted octanol–water partition coefficient (Wildman–Crippen LogP) is 1.77. The highest BCUT2D eigenvalue weighted by molar-refractivity contribution is 6.41. The molecular weight excluding hydrogens is 292 g/mol. The van der Waals surface area contributed by atoms with Gasteiger partial charge in [-0.1, -0.05) is 41.9 Å². The molecule has 1 heterocycles. The number of aromatic amines is 1. The van der Waals surface area contributed by atoms with Crippen LogP contribution >= 0.6 is 11.6 Å². The molecule has 0 radical (unpaired) electrons. The summed E-state index contributed by atoms with van der Waals surface area (Å²) >= 11 is 5.96. The van der Waals surface area contributed by atoms with Crippen LogP contribution in [0.5, 0.6) is 0 Å². The lowest BCUT2D eigenvalue weighted by Crippen LogP contribution is -2.21. The lowest BCUT2D eigenvalue weighted by molar-refractivity contribution is 0.0949. The van der Waals surface area contributed by atoms with Crippen LogP contribution in [0.25, 0.3) is 6.08 Å². The van der Waals surface area contributed by atoms with Crippen molar-refractivity contribution in [2.24, 2.45) is 5.10 Å². The van der Waals surface area contributed by atoms with Gasteiger partial charge in [0.15, 0.2) is 5.69 Å². The van der Waals surface area contributed by atoms with E-state index >= 15 is 0 Å². The Kier molecular flexibility index (Phi) is 5.00. The molecule has 1 amide bonds. The van der Waals surface area contributed by atoms with E-state index in [2.05, 4.69) is 20.7 Å². The van der Waals surface area contributed by atoms with Gasteiger partial charge in [0.25, 0.3) is 11.5 Å². The number of nitrogens with zero attached hydrogens (tertiary/aromatic N) is 2. The van der Waals surface area contributed by atoms with E-state index in [1.165, 1.54) is 18.3 Å². The quantitative estimate of drug-likeness (QED) is 0.666. The normalized spacial score (nSPS) is 11.6. The molecule has 2 aromatic rings. The molecule has 106 valence electrons. The molecule has 0 saturated heterocycles. The highest BCUT2D eigenvalue weighted by atomic mass is 35.5. The van der Waals surface area contributed by atoms with Crippen LogP contribution in [0, 0.1) is 0 Å². The Balaban J connectivity index is 1.96. The molecule has 0 atom stereocenters. The first-order valence-electron chi connectivity index (χ1n) is 5.96. The summed E-state index contributed by atoms with van der Waals surface area (Å²) in [5.41, 5.74) is 2.84. The smallest absolute Gasteiger partial charge is 0.268 e. The summed E-state index contributed by atoms with van der Waals surface area (Å²) in [4.78, 5) is 22.4. The second-order valence-electron chi connectivity index (χ2n) is 3.95. The number of carbonyl (C=O) groups excluding carboxylic acids is 1. The Morgan fingerprint density at radius 2 is 2.00 bits per heavy atom. The average Bonchev–Trinajstić information content (AvgIpc) is 2.49. The van der Waals surface area contributed by atoms with Gasteiger partial charge in [0.05, 0.1) is 11.2 Å². The summed E-state index contributed by atoms with van der Waals surface area (Å²) in [6, 6.07) is 11.9. The number of benzene rings is 1. The number of hydrazone groups is 1. The zero-order chi connectivity index (χ0) is 15.1. The number of hydrogen-bond donors (Lipinski definition) is 2. The van der Waals surface area contributed by atoms with E-state index in [1.54, 1.807) is 6.08 Å². The van der Waals surface area contributed by atoms with Gasteiger partial charge in [0.2, 0.25) is 0 Å². The van der Waals surface area contributed by atoms with E-state index in [0.29, 0.717) is 5.03 Å². The molecule has 0 fully saturated rings. The molecule has 1 aromatic carbocycles. The van der Waals surface area contributed by atoms with Crippen molar-refractivity contribution in [1.29, 1.82) is 0 Å². The molecule has 0 spiro atoms. The number of H-pyrrole nitrogens is 1. The van der Waals surface area contributed by atoms with E-state index in [9.17, 15) is 9.59 Å². The molecule has 0 saturated carbocycles. The molecule has 7 heteroatoms. The fourth-order valence-corrected chi connectivity index (χ4v) is 1.60. The summed E-state index contributed by atoms with van der Waals surface area (Å²) in [7, 11) is 0. The zero-order valence-electron chi connectivity index (χ0n) is 10.8. The van der Waals surface area contributed by atoms with Gasteiger partial charge in [0.1, 0.15) is 0 Å². The lowest BCUT2D eigenvalue weighted by Gasteiger charge is -1.97. The molecule has 0 bridgehead atoms. The standard InChI is InChI=1S/C14H11ClN4O2/c15-11(8-10-4-2-1-3-5-10)9-16-19-14(21)12-6-7-13(20)18-17-12/h1-9H,(H,18,20)(H,19,21)/b11-8-,16-9-. The van der Waals surface area contributed by atoms with Crippen molar-refractivity contribution >= 4 is 29.8 Å². The van der Waals surface area contributed by atoms with E-state index in [-0.39, 0.29) is 11.3 Å². The van der Waals surface area contributed by atoms with Crippen LogP contribution in [0.1, 0.15) is 16.1 Å². The van der Waals surface area contributed by atoms with Crippen LogP contribution in [0.4, 0.5) is 0 Å². The predicted molar refractivity (Wildman–Crippen MR) is 81.1 cm³/mol. The van der Waals surface area contributed by atoms with Gasteiger partial charge >= 0.3 is 0 Å². The largest absolute Gasteiger partial charge is 0.291 e. The fraction of sp³-hybridized carbons (Fsp3) is 0. The Morgan fingerprint density at radius 3 is 2.67 bits per heavy atom. The zero-order valence-corrected chi connectivity index (χ0v) is 11.5. The van der Waals surface area contributed by atoms with Crippen LogP contribution in [0.15, 0.2) is 57.4 Å². The first-order chi connectivity index (χ1) is 10.1. The highest BCUT2D eigenvalue weighted by Gasteiger charge is 2.05. The van der Waals surface area contributed by atoms with Gasteiger partial charge in [0, 0.05) is 6.07 Å². The molecule has 0 aliphatic heterocycles. The minimum absolute atomic E-state index is 0.0508. The summed E-state index contributed by atoms with van der Waals surface area (Å²) < 4.78 is 0. The Bertz CT molecular complexity index is 718. The van der Waals surface area contributed by atoms with Gasteiger partial charge < -0.3 is 0 Å². The average molecular weight is 303 g/mol. The lowest BCUT2D eigenvalue weighted by atomic mass is 10.2. The van der Waals surface area contributed by atoms with E-state index in [4.69, 9.17) is 11.6 Å². The van der Waals surface area contributed by atoms with E-state index < -0.39 is 5.91 Å². The fourth-order valence-electron chi connectivity index (χ4n) is 1.43. The van der Waals surface area contributed by atoms with Crippen molar-refractivity contribution < 1.29 is 4.79 Å². The maximum atomic E-state index is 11.6. The van der Waals surface area contributed by atoms with Crippen LogP contribution in [0.2, 0.25) is 0 Å². The summed E-state index contributed by atoms with van der Waals surface area (Å²) in [6.45, 7) is 0. The van der Waals surface area contributed by atoms with E-state index in [0.717, 1.165) is 5.56 Å². The Labute approximate surface area is 125 Å². The van der Waals surface area contributed by atoms with Crippen molar-refractivity contribution in [2.45, 2.75) is 0 Å². The SMILES string of the molecule is O=C(N/N=C\C(Cl)=C\c1ccccc1)c1ccc(=O)[nH]n1. The number of halogens is 1. The first-order valence-corrected chi connectivity index (χ1v) is 6.34. The number of carbonyl (C=O) groups is 1. The molecule has 21 heavy (non-hydrogen) atoms. The molecule has 0 unspecified atom stereocenters. The van der Waals surface area contributed by atoms with Gasteiger partial charge in [-0.2, -0.15) is 10.2 Å². The highest BCUT2D eigenvalue weighted by Crippen LogP contribution is 2.07. The Hall–Kier alpha value is -2.73.